The minimum absolute atomic E-state index is 0.0908. The zero-order valence-electron chi connectivity index (χ0n) is 12.4. The summed E-state index contributed by atoms with van der Waals surface area (Å²) in [6.45, 7) is 4.76. The Morgan fingerprint density at radius 2 is 2.05 bits per heavy atom. The lowest BCUT2D eigenvalue weighted by Crippen LogP contribution is -2.23. The highest BCUT2D eigenvalue weighted by Gasteiger charge is 2.27. The van der Waals surface area contributed by atoms with Crippen molar-refractivity contribution in [3.63, 3.8) is 0 Å². The van der Waals surface area contributed by atoms with Crippen LogP contribution in [0.2, 0.25) is 0 Å². The largest absolute Gasteiger partial charge is 0.375 e. The molecule has 1 aliphatic carbocycles. The lowest BCUT2D eigenvalue weighted by molar-refractivity contribution is 0.642. The Hall–Kier alpha value is -1.33. The normalized spacial score (nSPS) is 16.0. The standard InChI is InChI=1S/C16H21BrN4/c1-10-5-12(6-11(2)16(10)17)20-14(7-18)15-8-19-9-21(15)13-3-4-13/h5-6,8-9,13-14,20H,3-4,7,18H2,1-2H3. The highest BCUT2D eigenvalue weighted by atomic mass is 79.9. The lowest BCUT2D eigenvalue weighted by Gasteiger charge is -2.21. The van der Waals surface area contributed by atoms with E-state index in [0.29, 0.717) is 12.6 Å². The van der Waals surface area contributed by atoms with Crippen molar-refractivity contribution in [2.24, 2.45) is 5.73 Å². The number of hydrogen-bond acceptors (Lipinski definition) is 3. The fourth-order valence-electron chi connectivity index (χ4n) is 2.73. The molecular formula is C16H21BrN4. The van der Waals surface area contributed by atoms with Crippen LogP contribution in [0.3, 0.4) is 0 Å². The molecule has 0 bridgehead atoms. The molecule has 0 amide bonds. The molecule has 0 radical (unpaired) electrons. The molecule has 1 aromatic carbocycles. The van der Waals surface area contributed by atoms with Gasteiger partial charge < -0.3 is 15.6 Å². The van der Waals surface area contributed by atoms with Crippen LogP contribution in [-0.2, 0) is 0 Å². The van der Waals surface area contributed by atoms with E-state index in [1.54, 1.807) is 0 Å². The van der Waals surface area contributed by atoms with Gasteiger partial charge in [-0.05, 0) is 49.9 Å². The number of anilines is 1. The van der Waals surface area contributed by atoms with Crippen LogP contribution in [-0.4, -0.2) is 16.1 Å². The molecule has 3 rings (SSSR count). The van der Waals surface area contributed by atoms with Crippen LogP contribution in [0, 0.1) is 13.8 Å². The van der Waals surface area contributed by atoms with Crippen molar-refractivity contribution in [3.8, 4) is 0 Å². The topological polar surface area (TPSA) is 55.9 Å². The van der Waals surface area contributed by atoms with Gasteiger partial charge in [0.25, 0.3) is 0 Å². The Bertz CT molecular complexity index is 622. The molecule has 1 fully saturated rings. The summed E-state index contributed by atoms with van der Waals surface area (Å²) in [5.74, 6) is 0. The maximum atomic E-state index is 5.99. The van der Waals surface area contributed by atoms with Gasteiger partial charge in [-0.15, -0.1) is 0 Å². The molecule has 0 saturated heterocycles. The summed E-state index contributed by atoms with van der Waals surface area (Å²) < 4.78 is 3.43. The van der Waals surface area contributed by atoms with Crippen LogP contribution in [0.5, 0.6) is 0 Å². The van der Waals surface area contributed by atoms with Gasteiger partial charge in [0.15, 0.2) is 0 Å². The quantitative estimate of drug-likeness (QED) is 0.865. The summed E-state index contributed by atoms with van der Waals surface area (Å²) in [5.41, 5.74) is 10.7. The number of benzene rings is 1. The molecule has 3 N–H and O–H groups in total. The fraction of sp³-hybridized carbons (Fsp3) is 0.438. The van der Waals surface area contributed by atoms with Crippen LogP contribution in [0.4, 0.5) is 5.69 Å². The number of nitrogens with one attached hydrogen (secondary N) is 1. The molecule has 1 aromatic heterocycles. The molecule has 0 spiro atoms. The van der Waals surface area contributed by atoms with E-state index in [1.807, 2.05) is 12.5 Å². The monoisotopic (exact) mass is 348 g/mol. The van der Waals surface area contributed by atoms with Gasteiger partial charge >= 0.3 is 0 Å². The minimum Gasteiger partial charge on any atom is -0.375 e. The van der Waals surface area contributed by atoms with Gasteiger partial charge in [-0.2, -0.15) is 0 Å². The number of hydrogen-bond donors (Lipinski definition) is 2. The smallest absolute Gasteiger partial charge is 0.0951 e. The van der Waals surface area contributed by atoms with Crippen molar-refractivity contribution in [1.82, 2.24) is 9.55 Å². The van der Waals surface area contributed by atoms with Crippen LogP contribution < -0.4 is 11.1 Å². The first-order valence-electron chi connectivity index (χ1n) is 7.35. The van der Waals surface area contributed by atoms with Gasteiger partial charge in [0.05, 0.1) is 24.3 Å². The van der Waals surface area contributed by atoms with Crippen molar-refractivity contribution < 1.29 is 0 Å². The molecule has 1 atom stereocenters. The summed E-state index contributed by atoms with van der Waals surface area (Å²) in [6.07, 6.45) is 6.35. The van der Waals surface area contributed by atoms with Gasteiger partial charge in [-0.25, -0.2) is 4.98 Å². The molecule has 21 heavy (non-hydrogen) atoms. The van der Waals surface area contributed by atoms with Crippen LogP contribution in [0.1, 0.15) is 41.7 Å². The van der Waals surface area contributed by atoms with Crippen molar-refractivity contribution in [2.75, 3.05) is 11.9 Å². The molecule has 1 unspecified atom stereocenters. The second-order valence-corrected chi connectivity index (χ2v) is 6.61. The average molecular weight is 349 g/mol. The van der Waals surface area contributed by atoms with E-state index in [1.165, 1.54) is 34.1 Å². The van der Waals surface area contributed by atoms with Crippen LogP contribution in [0.25, 0.3) is 0 Å². The van der Waals surface area contributed by atoms with E-state index in [9.17, 15) is 0 Å². The third kappa shape index (κ3) is 2.99. The summed E-state index contributed by atoms with van der Waals surface area (Å²) >= 11 is 3.61. The van der Waals surface area contributed by atoms with Gasteiger partial charge in [-0.1, -0.05) is 15.9 Å². The van der Waals surface area contributed by atoms with Crippen molar-refractivity contribution in [1.29, 1.82) is 0 Å². The predicted octanol–water partition coefficient (Wildman–Crippen LogP) is 3.71. The van der Waals surface area contributed by atoms with E-state index in [0.717, 1.165) is 5.69 Å². The van der Waals surface area contributed by atoms with Gasteiger partial charge in [-0.3, -0.25) is 0 Å². The van der Waals surface area contributed by atoms with E-state index >= 15 is 0 Å². The predicted molar refractivity (Wildman–Crippen MR) is 89.5 cm³/mol. The van der Waals surface area contributed by atoms with E-state index in [2.05, 4.69) is 56.8 Å². The maximum Gasteiger partial charge on any atom is 0.0951 e. The van der Waals surface area contributed by atoms with Crippen molar-refractivity contribution in [2.45, 2.75) is 38.8 Å². The summed E-state index contributed by atoms with van der Waals surface area (Å²) in [6, 6.07) is 5.01. The zero-order chi connectivity index (χ0) is 15.0. The first kappa shape index (κ1) is 14.6. The number of rotatable bonds is 5. The number of imidazole rings is 1. The van der Waals surface area contributed by atoms with E-state index < -0.39 is 0 Å². The number of aromatic nitrogens is 2. The van der Waals surface area contributed by atoms with Crippen LogP contribution >= 0.6 is 15.9 Å². The fourth-order valence-corrected chi connectivity index (χ4v) is 2.96. The van der Waals surface area contributed by atoms with E-state index in [4.69, 9.17) is 5.73 Å². The number of halogens is 1. The van der Waals surface area contributed by atoms with Gasteiger partial charge in [0.2, 0.25) is 0 Å². The van der Waals surface area contributed by atoms with Crippen molar-refractivity contribution >= 4 is 21.6 Å². The highest BCUT2D eigenvalue weighted by Crippen LogP contribution is 2.37. The molecular weight excluding hydrogens is 328 g/mol. The number of aryl methyl sites for hydroxylation is 2. The van der Waals surface area contributed by atoms with Crippen molar-refractivity contribution in [3.05, 3.63) is 46.0 Å². The summed E-state index contributed by atoms with van der Waals surface area (Å²) in [5, 5.41) is 3.56. The average Bonchev–Trinajstić information content (AvgIpc) is 3.20. The Morgan fingerprint density at radius 1 is 1.38 bits per heavy atom. The van der Waals surface area contributed by atoms with Crippen LogP contribution in [0.15, 0.2) is 29.1 Å². The summed E-state index contributed by atoms with van der Waals surface area (Å²) in [7, 11) is 0. The Balaban J connectivity index is 1.86. The van der Waals surface area contributed by atoms with Gasteiger partial charge in [0, 0.05) is 22.7 Å². The molecule has 2 aromatic rings. The summed E-state index contributed by atoms with van der Waals surface area (Å²) in [4.78, 5) is 4.30. The zero-order valence-corrected chi connectivity index (χ0v) is 14.0. The maximum absolute atomic E-state index is 5.99. The number of nitrogens with two attached hydrogens (primary N) is 1. The molecule has 1 aliphatic rings. The molecule has 1 heterocycles. The molecule has 112 valence electrons. The third-order valence-electron chi connectivity index (χ3n) is 4.01. The minimum atomic E-state index is 0.0908. The van der Waals surface area contributed by atoms with Gasteiger partial charge in [0.1, 0.15) is 0 Å². The SMILES string of the molecule is Cc1cc(NC(CN)c2cncn2C2CC2)cc(C)c1Br. The Kier molecular flexibility index (Phi) is 4.04. The van der Waals surface area contributed by atoms with E-state index in [-0.39, 0.29) is 6.04 Å². The molecule has 0 aliphatic heterocycles. The third-order valence-corrected chi connectivity index (χ3v) is 5.26. The molecule has 1 saturated carbocycles. The second-order valence-electron chi connectivity index (χ2n) is 5.81. The first-order valence-corrected chi connectivity index (χ1v) is 8.14. The molecule has 4 nitrogen and oxygen atoms in total. The Morgan fingerprint density at radius 3 is 2.62 bits per heavy atom. The number of nitrogens with zero attached hydrogens (tertiary/aromatic N) is 2. The Labute approximate surface area is 133 Å². The lowest BCUT2D eigenvalue weighted by atomic mass is 10.1. The molecule has 5 heteroatoms. The first-order chi connectivity index (χ1) is 10.1. The highest BCUT2D eigenvalue weighted by molar-refractivity contribution is 9.10. The second kappa shape index (κ2) is 5.81.